The van der Waals surface area contributed by atoms with Crippen LogP contribution in [0.3, 0.4) is 0 Å². The van der Waals surface area contributed by atoms with Crippen LogP contribution >= 0.6 is 0 Å². The average molecular weight is 323 g/mol. The van der Waals surface area contributed by atoms with Gasteiger partial charge in [-0.3, -0.25) is 9.88 Å². The van der Waals surface area contributed by atoms with Crippen LogP contribution in [0, 0.1) is 0 Å². The number of fused-ring (bicyclic) bond motifs is 1. The Morgan fingerprint density at radius 2 is 1.83 bits per heavy atom. The molecule has 1 aliphatic heterocycles. The van der Waals surface area contributed by atoms with Crippen molar-refractivity contribution >= 4 is 16.6 Å². The minimum atomic E-state index is -4.34. The molecule has 1 saturated heterocycles. The highest BCUT2D eigenvalue weighted by molar-refractivity contribution is 5.92. The van der Waals surface area contributed by atoms with Gasteiger partial charge in [-0.25, -0.2) is 0 Å². The van der Waals surface area contributed by atoms with Gasteiger partial charge in [0.05, 0.1) is 11.1 Å². The smallest absolute Gasteiger partial charge is 0.368 e. The first-order chi connectivity index (χ1) is 11.0. The summed E-state index contributed by atoms with van der Waals surface area (Å²) < 4.78 is 38.5. The summed E-state index contributed by atoms with van der Waals surface area (Å²) in [6.45, 7) is 7.01. The third-order valence-electron chi connectivity index (χ3n) is 4.30. The second-order valence-electron chi connectivity index (χ2n) is 5.89. The van der Waals surface area contributed by atoms with Gasteiger partial charge in [0.15, 0.2) is 0 Å². The van der Waals surface area contributed by atoms with Gasteiger partial charge in [-0.2, -0.15) is 13.2 Å². The number of aromatic nitrogens is 1. The fourth-order valence-electron chi connectivity index (χ4n) is 3.11. The molecule has 0 atom stereocenters. The molecule has 124 valence electrons. The van der Waals surface area contributed by atoms with E-state index in [-0.39, 0.29) is 0 Å². The van der Waals surface area contributed by atoms with Crippen LogP contribution in [0.15, 0.2) is 30.5 Å². The molecule has 0 bridgehead atoms. The first kappa shape index (κ1) is 16.1. The molecule has 3 nitrogen and oxygen atoms in total. The minimum Gasteiger partial charge on any atom is -0.368 e. The van der Waals surface area contributed by atoms with E-state index in [1.165, 1.54) is 0 Å². The Kier molecular flexibility index (Phi) is 4.43. The zero-order valence-electron chi connectivity index (χ0n) is 13.1. The third kappa shape index (κ3) is 3.42. The van der Waals surface area contributed by atoms with Crippen LogP contribution < -0.4 is 4.90 Å². The van der Waals surface area contributed by atoms with Gasteiger partial charge in [-0.05, 0) is 31.2 Å². The maximum Gasteiger partial charge on any atom is 0.416 e. The van der Waals surface area contributed by atoms with Crippen LogP contribution in [0.5, 0.6) is 0 Å². The Bertz CT molecular complexity index is 676. The standard InChI is InChI=1S/C17H20F3N3/c1-2-7-22-8-10-23(11-9-22)16-5-6-21-15-12-13(17(18,19)20)3-4-14(15)16/h3-6,12H,2,7-11H2,1H3. The lowest BCUT2D eigenvalue weighted by Gasteiger charge is -2.36. The summed E-state index contributed by atoms with van der Waals surface area (Å²) in [7, 11) is 0. The highest BCUT2D eigenvalue weighted by Gasteiger charge is 2.31. The number of piperazine rings is 1. The molecule has 3 rings (SSSR count). The first-order valence-electron chi connectivity index (χ1n) is 7.92. The molecule has 0 saturated carbocycles. The molecule has 0 spiro atoms. The van der Waals surface area contributed by atoms with E-state index in [4.69, 9.17) is 0 Å². The Labute approximate surface area is 133 Å². The maximum atomic E-state index is 12.8. The van der Waals surface area contributed by atoms with Crippen molar-refractivity contribution in [1.82, 2.24) is 9.88 Å². The highest BCUT2D eigenvalue weighted by atomic mass is 19.4. The third-order valence-corrected chi connectivity index (χ3v) is 4.30. The number of hydrogen-bond donors (Lipinski definition) is 0. The largest absolute Gasteiger partial charge is 0.416 e. The molecule has 0 N–H and O–H groups in total. The zero-order valence-corrected chi connectivity index (χ0v) is 13.1. The van der Waals surface area contributed by atoms with Crippen LogP contribution in [0.4, 0.5) is 18.9 Å². The van der Waals surface area contributed by atoms with Gasteiger partial charge >= 0.3 is 6.18 Å². The summed E-state index contributed by atoms with van der Waals surface area (Å²) in [6.07, 6.45) is -1.60. The molecule has 0 amide bonds. The predicted octanol–water partition coefficient (Wildman–Crippen LogP) is 3.79. The fraction of sp³-hybridized carbons (Fsp3) is 0.471. The number of alkyl halides is 3. The number of nitrogens with zero attached hydrogens (tertiary/aromatic N) is 3. The molecule has 0 radical (unpaired) electrons. The van der Waals surface area contributed by atoms with Crippen molar-refractivity contribution in [3.8, 4) is 0 Å². The SMILES string of the molecule is CCCN1CCN(c2ccnc3cc(C(F)(F)F)ccc23)CC1. The van der Waals surface area contributed by atoms with Crippen molar-refractivity contribution in [2.75, 3.05) is 37.6 Å². The van der Waals surface area contributed by atoms with Gasteiger partial charge in [0.25, 0.3) is 0 Å². The van der Waals surface area contributed by atoms with E-state index in [2.05, 4.69) is 21.7 Å². The monoisotopic (exact) mass is 323 g/mol. The van der Waals surface area contributed by atoms with Gasteiger partial charge in [0.1, 0.15) is 0 Å². The number of anilines is 1. The van der Waals surface area contributed by atoms with E-state index in [0.29, 0.717) is 5.52 Å². The van der Waals surface area contributed by atoms with Crippen LogP contribution in [0.2, 0.25) is 0 Å². The molecule has 23 heavy (non-hydrogen) atoms. The average Bonchev–Trinajstić information content (AvgIpc) is 2.54. The topological polar surface area (TPSA) is 19.4 Å². The quantitative estimate of drug-likeness (QED) is 0.857. The van der Waals surface area contributed by atoms with Gasteiger partial charge in [0.2, 0.25) is 0 Å². The van der Waals surface area contributed by atoms with Crippen LogP contribution in [0.1, 0.15) is 18.9 Å². The van der Waals surface area contributed by atoms with Crippen molar-refractivity contribution in [3.05, 3.63) is 36.0 Å². The molecule has 6 heteroatoms. The molecule has 0 aliphatic carbocycles. The molecule has 2 aromatic rings. The van der Waals surface area contributed by atoms with Crippen LogP contribution in [-0.2, 0) is 6.18 Å². The lowest BCUT2D eigenvalue weighted by molar-refractivity contribution is -0.137. The highest BCUT2D eigenvalue weighted by Crippen LogP contribution is 2.33. The Balaban J connectivity index is 1.87. The van der Waals surface area contributed by atoms with E-state index >= 15 is 0 Å². The molecule has 1 fully saturated rings. The van der Waals surface area contributed by atoms with Gasteiger partial charge in [0, 0.05) is 43.4 Å². The summed E-state index contributed by atoms with van der Waals surface area (Å²) in [5.74, 6) is 0. The van der Waals surface area contributed by atoms with Gasteiger partial charge < -0.3 is 4.90 Å². The second-order valence-corrected chi connectivity index (χ2v) is 5.89. The fourth-order valence-corrected chi connectivity index (χ4v) is 3.11. The minimum absolute atomic E-state index is 0.397. The number of rotatable bonds is 3. The maximum absolute atomic E-state index is 12.8. The second kappa shape index (κ2) is 6.35. The summed E-state index contributed by atoms with van der Waals surface area (Å²) in [6, 6.07) is 5.71. The lowest BCUT2D eigenvalue weighted by Crippen LogP contribution is -2.46. The zero-order chi connectivity index (χ0) is 16.4. The number of pyridine rings is 1. The Morgan fingerprint density at radius 3 is 2.48 bits per heavy atom. The molecule has 1 aromatic heterocycles. The van der Waals surface area contributed by atoms with E-state index < -0.39 is 11.7 Å². The Hall–Kier alpha value is -1.82. The van der Waals surface area contributed by atoms with Crippen molar-refractivity contribution in [1.29, 1.82) is 0 Å². The molecule has 0 unspecified atom stereocenters. The first-order valence-corrected chi connectivity index (χ1v) is 7.92. The molecule has 1 aromatic carbocycles. The molecule has 2 heterocycles. The molecular formula is C17H20F3N3. The van der Waals surface area contributed by atoms with Crippen LogP contribution in [0.25, 0.3) is 10.9 Å². The Morgan fingerprint density at radius 1 is 1.09 bits per heavy atom. The number of benzene rings is 1. The van der Waals surface area contributed by atoms with Gasteiger partial charge in [-0.15, -0.1) is 0 Å². The van der Waals surface area contributed by atoms with Crippen molar-refractivity contribution in [2.24, 2.45) is 0 Å². The molecular weight excluding hydrogens is 303 g/mol. The van der Waals surface area contributed by atoms with E-state index in [1.54, 1.807) is 12.3 Å². The summed E-state index contributed by atoms with van der Waals surface area (Å²) in [4.78, 5) is 8.78. The molecule has 1 aliphatic rings. The van der Waals surface area contributed by atoms with Crippen molar-refractivity contribution in [2.45, 2.75) is 19.5 Å². The van der Waals surface area contributed by atoms with Crippen molar-refractivity contribution < 1.29 is 13.2 Å². The number of hydrogen-bond acceptors (Lipinski definition) is 3. The van der Waals surface area contributed by atoms with Crippen molar-refractivity contribution in [3.63, 3.8) is 0 Å². The normalized spacial score (nSPS) is 17.0. The van der Waals surface area contributed by atoms with E-state index in [9.17, 15) is 13.2 Å². The number of halogens is 3. The van der Waals surface area contributed by atoms with E-state index in [1.807, 2.05) is 6.07 Å². The lowest BCUT2D eigenvalue weighted by atomic mass is 10.1. The summed E-state index contributed by atoms with van der Waals surface area (Å²) >= 11 is 0. The van der Waals surface area contributed by atoms with E-state index in [0.717, 1.165) is 62.4 Å². The van der Waals surface area contributed by atoms with Crippen LogP contribution in [-0.4, -0.2) is 42.6 Å². The van der Waals surface area contributed by atoms with Gasteiger partial charge in [-0.1, -0.05) is 13.0 Å². The predicted molar refractivity (Wildman–Crippen MR) is 85.7 cm³/mol. The summed E-state index contributed by atoms with van der Waals surface area (Å²) in [5, 5.41) is 0.782. The summed E-state index contributed by atoms with van der Waals surface area (Å²) in [5.41, 5.74) is 0.718.